The second-order valence-electron chi connectivity index (χ2n) is 4.90. The molecule has 0 unspecified atom stereocenters. The third-order valence-electron chi connectivity index (χ3n) is 3.64. The van der Waals surface area contributed by atoms with Crippen LogP contribution in [0.3, 0.4) is 0 Å². The summed E-state index contributed by atoms with van der Waals surface area (Å²) in [5.74, 6) is -0.239. The van der Waals surface area contributed by atoms with Gasteiger partial charge in [0.1, 0.15) is 5.65 Å². The standard InChI is InChI=1S/C13H16N4O3/c1-20-13(19)9-6-11-15-12(18)7-10(17(11)16-9)8-2-4-14-5-3-8/h6-8,14H,2-5H2,1H3,(H,15,18). The van der Waals surface area contributed by atoms with Crippen molar-refractivity contribution in [3.05, 3.63) is 33.9 Å². The molecular formula is C13H16N4O3. The molecule has 0 aromatic carbocycles. The van der Waals surface area contributed by atoms with Crippen molar-refractivity contribution in [1.82, 2.24) is 19.9 Å². The minimum absolute atomic E-state index is 0.178. The smallest absolute Gasteiger partial charge is 0.358 e. The van der Waals surface area contributed by atoms with E-state index >= 15 is 0 Å². The molecule has 1 saturated heterocycles. The quantitative estimate of drug-likeness (QED) is 0.769. The summed E-state index contributed by atoms with van der Waals surface area (Å²) in [6.07, 6.45) is 1.90. The van der Waals surface area contributed by atoms with Crippen LogP contribution in [0, 0.1) is 0 Å². The number of nitrogens with zero attached hydrogens (tertiary/aromatic N) is 2. The van der Waals surface area contributed by atoms with Crippen LogP contribution in [0.4, 0.5) is 0 Å². The number of piperidine rings is 1. The van der Waals surface area contributed by atoms with Crippen LogP contribution in [0.5, 0.6) is 0 Å². The number of esters is 1. The maximum Gasteiger partial charge on any atom is 0.358 e. The summed E-state index contributed by atoms with van der Waals surface area (Å²) in [7, 11) is 1.31. The van der Waals surface area contributed by atoms with E-state index in [9.17, 15) is 9.59 Å². The zero-order valence-electron chi connectivity index (χ0n) is 11.2. The first-order valence-electron chi connectivity index (χ1n) is 6.61. The summed E-state index contributed by atoms with van der Waals surface area (Å²) in [5, 5.41) is 7.54. The molecule has 3 rings (SSSR count). The largest absolute Gasteiger partial charge is 0.464 e. The van der Waals surface area contributed by atoms with E-state index in [0.29, 0.717) is 5.65 Å². The third-order valence-corrected chi connectivity index (χ3v) is 3.64. The van der Waals surface area contributed by atoms with Gasteiger partial charge in [-0.2, -0.15) is 5.10 Å². The normalized spacial score (nSPS) is 16.4. The number of aromatic nitrogens is 3. The van der Waals surface area contributed by atoms with Crippen molar-refractivity contribution in [3.8, 4) is 0 Å². The Bertz CT molecular complexity index is 697. The van der Waals surface area contributed by atoms with Gasteiger partial charge in [0, 0.05) is 18.1 Å². The number of methoxy groups -OCH3 is 1. The molecule has 7 heteroatoms. The summed E-state index contributed by atoms with van der Waals surface area (Å²) >= 11 is 0. The molecule has 0 amide bonds. The molecule has 0 saturated carbocycles. The minimum atomic E-state index is -0.509. The molecule has 0 atom stereocenters. The molecule has 2 aromatic rings. The molecule has 2 aromatic heterocycles. The van der Waals surface area contributed by atoms with Gasteiger partial charge in [0.25, 0.3) is 5.56 Å². The highest BCUT2D eigenvalue weighted by molar-refractivity contribution is 5.88. The van der Waals surface area contributed by atoms with E-state index in [1.54, 1.807) is 10.6 Å². The summed E-state index contributed by atoms with van der Waals surface area (Å²) in [4.78, 5) is 26.0. The first kappa shape index (κ1) is 12.9. The molecule has 7 nitrogen and oxygen atoms in total. The van der Waals surface area contributed by atoms with Crippen LogP contribution in [0.1, 0.15) is 34.9 Å². The van der Waals surface area contributed by atoms with Gasteiger partial charge in [-0.05, 0) is 25.9 Å². The second kappa shape index (κ2) is 5.09. The molecule has 1 aliphatic heterocycles. The second-order valence-corrected chi connectivity index (χ2v) is 4.90. The molecule has 0 bridgehead atoms. The lowest BCUT2D eigenvalue weighted by Gasteiger charge is -2.22. The Hall–Kier alpha value is -2.15. The van der Waals surface area contributed by atoms with Crippen LogP contribution < -0.4 is 10.9 Å². The lowest BCUT2D eigenvalue weighted by atomic mass is 9.94. The van der Waals surface area contributed by atoms with Crippen molar-refractivity contribution in [2.24, 2.45) is 0 Å². The van der Waals surface area contributed by atoms with E-state index < -0.39 is 5.97 Å². The zero-order valence-corrected chi connectivity index (χ0v) is 11.2. The summed E-state index contributed by atoms with van der Waals surface area (Å²) in [6, 6.07) is 3.11. The lowest BCUT2D eigenvalue weighted by Crippen LogP contribution is -2.28. The third kappa shape index (κ3) is 2.20. The van der Waals surface area contributed by atoms with Crippen LogP contribution >= 0.6 is 0 Å². The summed E-state index contributed by atoms with van der Waals surface area (Å²) in [5.41, 5.74) is 1.39. The monoisotopic (exact) mass is 276 g/mol. The van der Waals surface area contributed by atoms with Gasteiger partial charge < -0.3 is 15.0 Å². The van der Waals surface area contributed by atoms with Crippen LogP contribution in [-0.2, 0) is 4.74 Å². The fourth-order valence-electron chi connectivity index (χ4n) is 2.64. The number of rotatable bonds is 2. The van der Waals surface area contributed by atoms with Gasteiger partial charge in [-0.25, -0.2) is 9.31 Å². The lowest BCUT2D eigenvalue weighted by molar-refractivity contribution is 0.0593. The maximum absolute atomic E-state index is 11.8. The van der Waals surface area contributed by atoms with E-state index in [-0.39, 0.29) is 17.2 Å². The average Bonchev–Trinajstić information content (AvgIpc) is 2.90. The van der Waals surface area contributed by atoms with E-state index in [1.165, 1.54) is 13.2 Å². The number of hydrogen-bond donors (Lipinski definition) is 2. The van der Waals surface area contributed by atoms with Crippen LogP contribution in [0.25, 0.3) is 5.65 Å². The highest BCUT2D eigenvalue weighted by Crippen LogP contribution is 2.24. The number of hydrogen-bond acceptors (Lipinski definition) is 5. The van der Waals surface area contributed by atoms with Gasteiger partial charge in [-0.15, -0.1) is 0 Å². The van der Waals surface area contributed by atoms with Crippen molar-refractivity contribution >= 4 is 11.6 Å². The first-order valence-corrected chi connectivity index (χ1v) is 6.61. The SMILES string of the molecule is COC(=O)c1cc2[nH]c(=O)cc(C3CCNCC3)n2n1. The Morgan fingerprint density at radius 2 is 2.15 bits per heavy atom. The average molecular weight is 276 g/mol. The number of nitrogens with one attached hydrogen (secondary N) is 2. The Morgan fingerprint density at radius 3 is 2.85 bits per heavy atom. The van der Waals surface area contributed by atoms with Crippen molar-refractivity contribution in [1.29, 1.82) is 0 Å². The van der Waals surface area contributed by atoms with E-state index in [2.05, 4.69) is 20.1 Å². The van der Waals surface area contributed by atoms with E-state index in [4.69, 9.17) is 0 Å². The Balaban J connectivity index is 2.12. The Kier molecular flexibility index (Phi) is 3.27. The topological polar surface area (TPSA) is 88.5 Å². The van der Waals surface area contributed by atoms with Crippen molar-refractivity contribution < 1.29 is 9.53 Å². The molecule has 0 aliphatic carbocycles. The van der Waals surface area contributed by atoms with Crippen molar-refractivity contribution in [2.45, 2.75) is 18.8 Å². The maximum atomic E-state index is 11.8. The van der Waals surface area contributed by atoms with Gasteiger partial charge in [0.15, 0.2) is 5.69 Å². The molecule has 106 valence electrons. The number of ether oxygens (including phenoxy) is 1. The van der Waals surface area contributed by atoms with E-state index in [1.807, 2.05) is 0 Å². The van der Waals surface area contributed by atoms with Crippen molar-refractivity contribution in [3.63, 3.8) is 0 Å². The molecule has 1 fully saturated rings. The molecule has 0 spiro atoms. The number of carbonyl (C=O) groups is 1. The number of H-pyrrole nitrogens is 1. The number of aromatic amines is 1. The minimum Gasteiger partial charge on any atom is -0.464 e. The van der Waals surface area contributed by atoms with Gasteiger partial charge in [-0.1, -0.05) is 0 Å². The summed E-state index contributed by atoms with van der Waals surface area (Å²) < 4.78 is 6.31. The molecular weight excluding hydrogens is 260 g/mol. The Morgan fingerprint density at radius 1 is 1.40 bits per heavy atom. The van der Waals surface area contributed by atoms with Crippen LogP contribution in [0.2, 0.25) is 0 Å². The predicted molar refractivity (Wildman–Crippen MR) is 72.0 cm³/mol. The first-order chi connectivity index (χ1) is 9.69. The Labute approximate surface area is 114 Å². The predicted octanol–water partition coefficient (Wildman–Crippen LogP) is 0.276. The molecule has 1 aliphatic rings. The summed E-state index contributed by atoms with van der Waals surface area (Å²) in [6.45, 7) is 1.84. The molecule has 3 heterocycles. The fourth-order valence-corrected chi connectivity index (χ4v) is 2.64. The molecule has 2 N–H and O–H groups in total. The van der Waals surface area contributed by atoms with Gasteiger partial charge in [-0.3, -0.25) is 4.79 Å². The molecule has 0 radical (unpaired) electrons. The van der Waals surface area contributed by atoms with Gasteiger partial charge in [0.05, 0.1) is 12.8 Å². The highest BCUT2D eigenvalue weighted by Gasteiger charge is 2.21. The zero-order chi connectivity index (χ0) is 14.1. The van der Waals surface area contributed by atoms with Gasteiger partial charge >= 0.3 is 5.97 Å². The van der Waals surface area contributed by atoms with Crippen molar-refractivity contribution in [2.75, 3.05) is 20.2 Å². The van der Waals surface area contributed by atoms with Crippen LogP contribution in [-0.4, -0.2) is 40.8 Å². The number of carbonyl (C=O) groups excluding carboxylic acids is 1. The highest BCUT2D eigenvalue weighted by atomic mass is 16.5. The van der Waals surface area contributed by atoms with Gasteiger partial charge in [0.2, 0.25) is 0 Å². The van der Waals surface area contributed by atoms with E-state index in [0.717, 1.165) is 31.6 Å². The van der Waals surface area contributed by atoms with Crippen LogP contribution in [0.15, 0.2) is 16.9 Å². The fraction of sp³-hybridized carbons (Fsp3) is 0.462. The molecule has 20 heavy (non-hydrogen) atoms. The number of fused-ring (bicyclic) bond motifs is 1.